The lowest BCUT2D eigenvalue weighted by Crippen LogP contribution is -2.36. The molecule has 1 heterocycles. The maximum Gasteiger partial charge on any atom is 0.304 e. The van der Waals surface area contributed by atoms with E-state index in [-0.39, 0.29) is 17.0 Å². The summed E-state index contributed by atoms with van der Waals surface area (Å²) in [4.78, 5) is 14.0. The summed E-state index contributed by atoms with van der Waals surface area (Å²) in [5.41, 5.74) is -0.222. The summed E-state index contributed by atoms with van der Waals surface area (Å²) in [6.07, 6.45) is 1.32. The summed E-state index contributed by atoms with van der Waals surface area (Å²) >= 11 is 0. The largest absolute Gasteiger partial charge is 0.481 e. The van der Waals surface area contributed by atoms with E-state index in [1.807, 2.05) is 0 Å². The molecule has 7 nitrogen and oxygen atoms in total. The minimum absolute atomic E-state index is 0.222. The summed E-state index contributed by atoms with van der Waals surface area (Å²) < 4.78 is 26.4. The van der Waals surface area contributed by atoms with Gasteiger partial charge in [-0.15, -0.1) is 0 Å². The van der Waals surface area contributed by atoms with Crippen LogP contribution in [0, 0.1) is 11.3 Å². The Balaban J connectivity index is 3.04. The first-order chi connectivity index (χ1) is 8.90. The van der Waals surface area contributed by atoms with Crippen LogP contribution in [0.25, 0.3) is 0 Å². The van der Waals surface area contributed by atoms with Crippen molar-refractivity contribution in [2.75, 3.05) is 0 Å². The Hall–Kier alpha value is -1.98. The number of aromatic nitrogens is 1. The van der Waals surface area contributed by atoms with Gasteiger partial charge in [-0.25, -0.2) is 18.1 Å². The topological polar surface area (TPSA) is 120 Å². The number of carboxylic acid groups (broad SMARTS) is 1. The highest BCUT2D eigenvalue weighted by atomic mass is 32.2. The molecule has 1 atom stereocenters. The van der Waals surface area contributed by atoms with Crippen LogP contribution in [0.2, 0.25) is 0 Å². The lowest BCUT2D eigenvalue weighted by Gasteiger charge is -2.15. The van der Waals surface area contributed by atoms with Crippen LogP contribution < -0.4 is 4.72 Å². The van der Waals surface area contributed by atoms with Crippen molar-refractivity contribution >= 4 is 16.0 Å². The lowest BCUT2D eigenvalue weighted by atomic mass is 10.2. The van der Waals surface area contributed by atoms with Crippen molar-refractivity contribution in [3.8, 4) is 6.07 Å². The van der Waals surface area contributed by atoms with E-state index in [4.69, 9.17) is 10.4 Å². The van der Waals surface area contributed by atoms with Crippen LogP contribution in [0.3, 0.4) is 0 Å². The van der Waals surface area contributed by atoms with Crippen molar-refractivity contribution in [3.63, 3.8) is 0 Å². The van der Waals surface area contributed by atoms with E-state index in [1.165, 1.54) is 18.3 Å². The molecule has 0 fully saturated rings. The molecule has 0 saturated heterocycles. The molecule has 1 unspecified atom stereocenters. The molecule has 0 spiro atoms. The third-order valence-electron chi connectivity index (χ3n) is 2.40. The number of carbonyl (C=O) groups is 1. The molecule has 1 rings (SSSR count). The summed E-state index contributed by atoms with van der Waals surface area (Å²) in [6, 6.07) is 3.61. The average Bonchev–Trinajstić information content (AvgIpc) is 2.37. The zero-order chi connectivity index (χ0) is 14.5. The predicted molar refractivity (Wildman–Crippen MR) is 65.6 cm³/mol. The van der Waals surface area contributed by atoms with E-state index in [9.17, 15) is 13.2 Å². The van der Waals surface area contributed by atoms with Gasteiger partial charge in [-0.2, -0.15) is 5.26 Å². The zero-order valence-electron chi connectivity index (χ0n) is 10.2. The summed E-state index contributed by atoms with van der Waals surface area (Å²) in [7, 11) is -3.96. The number of hydrogen-bond acceptors (Lipinski definition) is 5. The normalized spacial score (nSPS) is 12.6. The monoisotopic (exact) mass is 283 g/mol. The standard InChI is InChI=1S/C11H13N3O4S/c1-2-8(6-11(15)16)14-19(17,18)10-4-3-5-13-9(10)7-12/h3-5,8,14H,2,6H2,1H3,(H,15,16). The number of rotatable bonds is 6. The van der Waals surface area contributed by atoms with Gasteiger partial charge in [-0.3, -0.25) is 4.79 Å². The molecule has 102 valence electrons. The fourth-order valence-corrected chi connectivity index (χ4v) is 2.88. The Morgan fingerprint density at radius 3 is 2.84 bits per heavy atom. The van der Waals surface area contributed by atoms with Gasteiger partial charge >= 0.3 is 5.97 Å². The van der Waals surface area contributed by atoms with E-state index in [1.54, 1.807) is 13.0 Å². The minimum Gasteiger partial charge on any atom is -0.481 e. The Morgan fingerprint density at radius 2 is 2.32 bits per heavy atom. The van der Waals surface area contributed by atoms with Gasteiger partial charge in [-0.1, -0.05) is 6.92 Å². The van der Waals surface area contributed by atoms with Gasteiger partial charge in [0.1, 0.15) is 11.0 Å². The first kappa shape index (κ1) is 15.1. The van der Waals surface area contributed by atoms with Crippen molar-refractivity contribution in [2.45, 2.75) is 30.7 Å². The minimum atomic E-state index is -3.96. The average molecular weight is 283 g/mol. The van der Waals surface area contributed by atoms with Gasteiger partial charge in [-0.05, 0) is 18.6 Å². The smallest absolute Gasteiger partial charge is 0.304 e. The quantitative estimate of drug-likeness (QED) is 0.783. The van der Waals surface area contributed by atoms with E-state index < -0.39 is 22.0 Å². The highest BCUT2D eigenvalue weighted by Gasteiger charge is 2.23. The maximum atomic E-state index is 12.1. The summed E-state index contributed by atoms with van der Waals surface area (Å²) in [5, 5.41) is 17.5. The molecular formula is C11H13N3O4S. The molecule has 8 heteroatoms. The molecule has 2 N–H and O–H groups in total. The molecule has 0 aliphatic carbocycles. The van der Waals surface area contributed by atoms with Gasteiger partial charge in [0, 0.05) is 12.2 Å². The van der Waals surface area contributed by atoms with Crippen LogP contribution >= 0.6 is 0 Å². The number of carboxylic acids is 1. The third kappa shape index (κ3) is 4.01. The van der Waals surface area contributed by atoms with Gasteiger partial charge in [0.2, 0.25) is 10.0 Å². The van der Waals surface area contributed by atoms with Gasteiger partial charge in [0.15, 0.2) is 5.69 Å². The van der Waals surface area contributed by atoms with Gasteiger partial charge in [0.05, 0.1) is 6.42 Å². The molecule has 0 radical (unpaired) electrons. The SMILES string of the molecule is CCC(CC(=O)O)NS(=O)(=O)c1cccnc1C#N. The molecule has 0 bridgehead atoms. The van der Waals surface area contributed by atoms with Crippen molar-refractivity contribution in [1.82, 2.24) is 9.71 Å². The number of aliphatic carboxylic acids is 1. The number of nitrogens with zero attached hydrogens (tertiary/aromatic N) is 2. The number of nitrogens with one attached hydrogen (secondary N) is 1. The van der Waals surface area contributed by atoms with E-state index in [2.05, 4.69) is 9.71 Å². The van der Waals surface area contributed by atoms with E-state index >= 15 is 0 Å². The molecule has 0 amide bonds. The highest BCUT2D eigenvalue weighted by molar-refractivity contribution is 7.89. The Bertz CT molecular complexity index is 607. The van der Waals surface area contributed by atoms with Crippen molar-refractivity contribution in [2.24, 2.45) is 0 Å². The second kappa shape index (κ2) is 6.26. The number of sulfonamides is 1. The molecule has 0 saturated carbocycles. The number of pyridine rings is 1. The van der Waals surface area contributed by atoms with Crippen LogP contribution in [-0.4, -0.2) is 30.5 Å². The first-order valence-corrected chi connectivity index (χ1v) is 6.98. The van der Waals surface area contributed by atoms with E-state index in [0.29, 0.717) is 6.42 Å². The van der Waals surface area contributed by atoms with Crippen LogP contribution in [0.1, 0.15) is 25.5 Å². The Morgan fingerprint density at radius 1 is 1.63 bits per heavy atom. The molecule has 0 aliphatic heterocycles. The Kier molecular flexibility index (Phi) is 4.97. The second-order valence-corrected chi connectivity index (χ2v) is 5.47. The molecule has 0 aromatic carbocycles. The van der Waals surface area contributed by atoms with E-state index in [0.717, 1.165) is 0 Å². The van der Waals surface area contributed by atoms with Crippen LogP contribution in [-0.2, 0) is 14.8 Å². The molecule has 19 heavy (non-hydrogen) atoms. The van der Waals surface area contributed by atoms with Crippen molar-refractivity contribution in [1.29, 1.82) is 5.26 Å². The second-order valence-electron chi connectivity index (χ2n) is 3.79. The fraction of sp³-hybridized carbons (Fsp3) is 0.364. The van der Waals surface area contributed by atoms with Crippen LogP contribution in [0.15, 0.2) is 23.2 Å². The van der Waals surface area contributed by atoms with Gasteiger partial charge < -0.3 is 5.11 Å². The number of hydrogen-bond donors (Lipinski definition) is 2. The zero-order valence-corrected chi connectivity index (χ0v) is 11.0. The molecule has 0 aliphatic rings. The molecular weight excluding hydrogens is 270 g/mol. The summed E-state index contributed by atoms with van der Waals surface area (Å²) in [5.74, 6) is -1.10. The molecule has 1 aromatic heterocycles. The highest BCUT2D eigenvalue weighted by Crippen LogP contribution is 2.13. The summed E-state index contributed by atoms with van der Waals surface area (Å²) in [6.45, 7) is 1.67. The predicted octanol–water partition coefficient (Wildman–Crippen LogP) is 0.485. The van der Waals surface area contributed by atoms with Crippen LogP contribution in [0.4, 0.5) is 0 Å². The third-order valence-corrected chi connectivity index (χ3v) is 3.95. The lowest BCUT2D eigenvalue weighted by molar-refractivity contribution is -0.137. The van der Waals surface area contributed by atoms with Gasteiger partial charge in [0.25, 0.3) is 0 Å². The van der Waals surface area contributed by atoms with Crippen molar-refractivity contribution in [3.05, 3.63) is 24.0 Å². The maximum absolute atomic E-state index is 12.1. The number of nitriles is 1. The Labute approximate surface area is 110 Å². The van der Waals surface area contributed by atoms with Crippen LogP contribution in [0.5, 0.6) is 0 Å². The fourth-order valence-electron chi connectivity index (χ4n) is 1.45. The first-order valence-electron chi connectivity index (χ1n) is 5.50. The molecule has 1 aromatic rings. The van der Waals surface area contributed by atoms with Crippen molar-refractivity contribution < 1.29 is 18.3 Å².